The number of para-hydroxylation sites is 2. The molecule has 4 heteroatoms. The number of carbonyl (C=O) groups excluding carboxylic acids is 1. The van der Waals surface area contributed by atoms with Crippen LogP contribution in [0.4, 0.5) is 17.1 Å². The monoisotopic (exact) mass is 317 g/mol. The second-order valence-electron chi connectivity index (χ2n) is 5.52. The van der Waals surface area contributed by atoms with Crippen molar-refractivity contribution in [2.75, 3.05) is 10.6 Å². The fourth-order valence-corrected chi connectivity index (χ4v) is 2.79. The molecule has 1 unspecified atom stereocenters. The standard InChI is InChI=1S/C20H19N3O/c21-16-9-7-8-15(14-16)19(20(22)24)23(17-10-3-1-4-11-17)18-12-5-2-6-13-18/h1-14,19H,21H2,(H2,22,24). The maximum Gasteiger partial charge on any atom is 0.245 e. The predicted molar refractivity (Wildman–Crippen MR) is 97.8 cm³/mol. The minimum atomic E-state index is -0.654. The van der Waals surface area contributed by atoms with Crippen molar-refractivity contribution in [3.63, 3.8) is 0 Å². The SMILES string of the molecule is NC(=O)C(c1cccc(N)c1)N(c1ccccc1)c1ccccc1. The third-order valence-electron chi connectivity index (χ3n) is 3.82. The van der Waals surface area contributed by atoms with E-state index in [-0.39, 0.29) is 0 Å². The number of nitrogens with two attached hydrogens (primary N) is 2. The van der Waals surface area contributed by atoms with Gasteiger partial charge in [-0.05, 0) is 42.0 Å². The van der Waals surface area contributed by atoms with Crippen molar-refractivity contribution in [3.8, 4) is 0 Å². The average Bonchev–Trinajstić information content (AvgIpc) is 2.60. The van der Waals surface area contributed by atoms with Crippen LogP contribution in [0.3, 0.4) is 0 Å². The van der Waals surface area contributed by atoms with Crippen LogP contribution >= 0.6 is 0 Å². The molecule has 0 aliphatic heterocycles. The molecule has 0 spiro atoms. The lowest BCUT2D eigenvalue weighted by atomic mass is 10.0. The van der Waals surface area contributed by atoms with E-state index < -0.39 is 11.9 Å². The largest absolute Gasteiger partial charge is 0.399 e. The number of hydrogen-bond donors (Lipinski definition) is 2. The second-order valence-corrected chi connectivity index (χ2v) is 5.52. The summed E-state index contributed by atoms with van der Waals surface area (Å²) < 4.78 is 0. The number of nitrogen functional groups attached to an aromatic ring is 1. The fraction of sp³-hybridized carbons (Fsp3) is 0.0500. The number of amides is 1. The molecule has 24 heavy (non-hydrogen) atoms. The first-order valence-corrected chi connectivity index (χ1v) is 7.71. The van der Waals surface area contributed by atoms with Gasteiger partial charge in [0.15, 0.2) is 0 Å². The number of primary amides is 1. The van der Waals surface area contributed by atoms with Crippen LogP contribution in [0.15, 0.2) is 84.9 Å². The van der Waals surface area contributed by atoms with E-state index in [9.17, 15) is 4.79 Å². The van der Waals surface area contributed by atoms with Gasteiger partial charge in [0, 0.05) is 17.1 Å². The van der Waals surface area contributed by atoms with E-state index in [0.717, 1.165) is 16.9 Å². The van der Waals surface area contributed by atoms with E-state index in [1.807, 2.05) is 77.7 Å². The van der Waals surface area contributed by atoms with Gasteiger partial charge in [-0.15, -0.1) is 0 Å². The molecular weight excluding hydrogens is 298 g/mol. The van der Waals surface area contributed by atoms with Crippen molar-refractivity contribution in [1.29, 1.82) is 0 Å². The molecule has 1 atom stereocenters. The van der Waals surface area contributed by atoms with Crippen molar-refractivity contribution >= 4 is 23.0 Å². The summed E-state index contributed by atoms with van der Waals surface area (Å²) in [6, 6.07) is 26.0. The number of anilines is 3. The summed E-state index contributed by atoms with van der Waals surface area (Å²) in [6.07, 6.45) is 0. The molecule has 0 aromatic heterocycles. The lowest BCUT2D eigenvalue weighted by Crippen LogP contribution is -2.35. The van der Waals surface area contributed by atoms with Crippen molar-refractivity contribution in [3.05, 3.63) is 90.5 Å². The first kappa shape index (κ1) is 15.6. The summed E-state index contributed by atoms with van der Waals surface area (Å²) in [4.78, 5) is 14.3. The Kier molecular flexibility index (Phi) is 4.47. The number of benzene rings is 3. The summed E-state index contributed by atoms with van der Waals surface area (Å²) in [7, 11) is 0. The smallest absolute Gasteiger partial charge is 0.245 e. The van der Waals surface area contributed by atoms with E-state index in [0.29, 0.717) is 5.69 Å². The van der Waals surface area contributed by atoms with Crippen molar-refractivity contribution in [1.82, 2.24) is 0 Å². The highest BCUT2D eigenvalue weighted by molar-refractivity contribution is 5.88. The van der Waals surface area contributed by atoms with Crippen molar-refractivity contribution in [2.24, 2.45) is 5.73 Å². The Labute approximate surface area is 141 Å². The molecule has 4 nitrogen and oxygen atoms in total. The third kappa shape index (κ3) is 3.22. The Balaban J connectivity index is 2.17. The number of nitrogens with zero attached hydrogens (tertiary/aromatic N) is 1. The van der Waals surface area contributed by atoms with Gasteiger partial charge in [-0.25, -0.2) is 0 Å². The van der Waals surface area contributed by atoms with E-state index in [1.54, 1.807) is 12.1 Å². The van der Waals surface area contributed by atoms with Gasteiger partial charge in [-0.1, -0.05) is 48.5 Å². The summed E-state index contributed by atoms with van der Waals surface area (Å²) in [5.74, 6) is -0.437. The third-order valence-corrected chi connectivity index (χ3v) is 3.82. The molecule has 4 N–H and O–H groups in total. The van der Waals surface area contributed by atoms with Gasteiger partial charge in [-0.3, -0.25) is 4.79 Å². The van der Waals surface area contributed by atoms with E-state index in [2.05, 4.69) is 0 Å². The van der Waals surface area contributed by atoms with Crippen LogP contribution in [0.1, 0.15) is 11.6 Å². The summed E-state index contributed by atoms with van der Waals surface area (Å²) >= 11 is 0. The Bertz CT molecular complexity index is 779. The van der Waals surface area contributed by atoms with Gasteiger partial charge in [0.2, 0.25) is 5.91 Å². The zero-order chi connectivity index (χ0) is 16.9. The van der Waals surface area contributed by atoms with Crippen LogP contribution in [0.2, 0.25) is 0 Å². The van der Waals surface area contributed by atoms with Crippen molar-refractivity contribution in [2.45, 2.75) is 6.04 Å². The molecule has 0 fully saturated rings. The maximum atomic E-state index is 12.3. The zero-order valence-electron chi connectivity index (χ0n) is 13.2. The van der Waals surface area contributed by atoms with E-state index in [4.69, 9.17) is 11.5 Å². The molecule has 3 rings (SSSR count). The molecule has 3 aromatic carbocycles. The molecule has 0 radical (unpaired) electrons. The molecule has 0 saturated carbocycles. The lowest BCUT2D eigenvalue weighted by molar-refractivity contribution is -0.119. The van der Waals surface area contributed by atoms with Crippen LogP contribution in [0.25, 0.3) is 0 Å². The summed E-state index contributed by atoms with van der Waals surface area (Å²) in [6.45, 7) is 0. The minimum absolute atomic E-state index is 0.437. The van der Waals surface area contributed by atoms with Gasteiger partial charge < -0.3 is 16.4 Å². The molecular formula is C20H19N3O. The molecule has 1 amide bonds. The first-order chi connectivity index (χ1) is 11.7. The molecule has 0 aliphatic rings. The highest BCUT2D eigenvalue weighted by atomic mass is 16.1. The van der Waals surface area contributed by atoms with Crippen LogP contribution in [-0.2, 0) is 4.79 Å². The van der Waals surface area contributed by atoms with E-state index in [1.165, 1.54) is 0 Å². The topological polar surface area (TPSA) is 72.3 Å². The summed E-state index contributed by atoms with van der Waals surface area (Å²) in [5.41, 5.74) is 14.8. The van der Waals surface area contributed by atoms with Crippen LogP contribution in [0, 0.1) is 0 Å². The van der Waals surface area contributed by atoms with Crippen LogP contribution < -0.4 is 16.4 Å². The Hall–Kier alpha value is -3.27. The zero-order valence-corrected chi connectivity index (χ0v) is 13.2. The number of carbonyl (C=O) groups is 1. The van der Waals surface area contributed by atoms with Gasteiger partial charge >= 0.3 is 0 Å². The highest BCUT2D eigenvalue weighted by Crippen LogP contribution is 2.35. The van der Waals surface area contributed by atoms with Crippen LogP contribution in [0.5, 0.6) is 0 Å². The number of hydrogen-bond acceptors (Lipinski definition) is 3. The quantitative estimate of drug-likeness (QED) is 0.706. The molecule has 0 heterocycles. The second kappa shape index (κ2) is 6.87. The first-order valence-electron chi connectivity index (χ1n) is 7.71. The van der Waals surface area contributed by atoms with E-state index >= 15 is 0 Å². The maximum absolute atomic E-state index is 12.3. The molecule has 0 bridgehead atoms. The van der Waals surface area contributed by atoms with Gasteiger partial charge in [0.05, 0.1) is 0 Å². The molecule has 3 aromatic rings. The van der Waals surface area contributed by atoms with Gasteiger partial charge in [-0.2, -0.15) is 0 Å². The van der Waals surface area contributed by atoms with Crippen LogP contribution in [-0.4, -0.2) is 5.91 Å². The summed E-state index contributed by atoms with van der Waals surface area (Å²) in [5, 5.41) is 0. The molecule has 0 saturated heterocycles. The minimum Gasteiger partial charge on any atom is -0.399 e. The fourth-order valence-electron chi connectivity index (χ4n) is 2.79. The van der Waals surface area contributed by atoms with Crippen molar-refractivity contribution < 1.29 is 4.79 Å². The van der Waals surface area contributed by atoms with Gasteiger partial charge in [0.1, 0.15) is 6.04 Å². The molecule has 0 aliphatic carbocycles. The number of rotatable bonds is 5. The average molecular weight is 317 g/mol. The Morgan fingerprint density at radius 2 is 1.33 bits per heavy atom. The molecule has 120 valence electrons. The van der Waals surface area contributed by atoms with Gasteiger partial charge in [0.25, 0.3) is 0 Å². The Morgan fingerprint density at radius 3 is 1.79 bits per heavy atom. The highest BCUT2D eigenvalue weighted by Gasteiger charge is 2.27. The predicted octanol–water partition coefficient (Wildman–Crippen LogP) is 3.63. The Morgan fingerprint density at radius 1 is 0.792 bits per heavy atom. The normalized spacial score (nSPS) is 11.7. The lowest BCUT2D eigenvalue weighted by Gasteiger charge is -2.32.